The number of rotatable bonds is 12. The van der Waals surface area contributed by atoms with Gasteiger partial charge in [-0.2, -0.15) is 0 Å². The second kappa shape index (κ2) is 12.8. The Morgan fingerprint density at radius 2 is 1.65 bits per heavy atom. The van der Waals surface area contributed by atoms with Gasteiger partial charge in [-0.25, -0.2) is 4.79 Å². The minimum atomic E-state index is -0.982. The standard InChI is InChI=1S/C29H38O4S/c1-8-9-10-11-14-34-28-20(5)16-24(17-21(28)6)25(30)13-12-23-15-19(4)26(29(31)32)22(7)27(23)33-18(2)3/h12-13,15-18H,8-11,14H2,1-7H3,(H,31,32). The van der Waals surface area contributed by atoms with E-state index in [0.29, 0.717) is 28.0 Å². The molecule has 2 aromatic rings. The zero-order valence-electron chi connectivity index (χ0n) is 21.6. The first-order valence-corrected chi connectivity index (χ1v) is 13.1. The largest absolute Gasteiger partial charge is 0.490 e. The molecule has 0 aliphatic heterocycles. The molecule has 0 saturated carbocycles. The van der Waals surface area contributed by atoms with Crippen molar-refractivity contribution in [1.82, 2.24) is 0 Å². The smallest absolute Gasteiger partial charge is 0.336 e. The molecule has 0 fully saturated rings. The molecular formula is C29H38O4S. The van der Waals surface area contributed by atoms with E-state index in [9.17, 15) is 14.7 Å². The highest BCUT2D eigenvalue weighted by Gasteiger charge is 2.19. The van der Waals surface area contributed by atoms with Gasteiger partial charge in [-0.05, 0) is 101 Å². The van der Waals surface area contributed by atoms with Crippen LogP contribution in [0.3, 0.4) is 0 Å². The van der Waals surface area contributed by atoms with Crippen LogP contribution in [0.2, 0.25) is 0 Å². The summed E-state index contributed by atoms with van der Waals surface area (Å²) in [6.07, 6.45) is 8.14. The van der Waals surface area contributed by atoms with E-state index in [1.165, 1.54) is 30.6 Å². The number of aryl methyl sites for hydroxylation is 3. The van der Waals surface area contributed by atoms with Crippen molar-refractivity contribution in [1.29, 1.82) is 0 Å². The summed E-state index contributed by atoms with van der Waals surface area (Å²) in [5, 5.41) is 9.60. The third kappa shape index (κ3) is 7.23. The van der Waals surface area contributed by atoms with Crippen LogP contribution in [0.5, 0.6) is 5.75 Å². The Hall–Kier alpha value is -2.53. The molecule has 0 atom stereocenters. The van der Waals surface area contributed by atoms with E-state index >= 15 is 0 Å². The summed E-state index contributed by atoms with van der Waals surface area (Å²) in [6, 6.07) is 5.69. The van der Waals surface area contributed by atoms with Crippen LogP contribution >= 0.6 is 11.8 Å². The lowest BCUT2D eigenvalue weighted by Crippen LogP contribution is -2.12. The average Bonchev–Trinajstić information content (AvgIpc) is 2.75. The first-order valence-electron chi connectivity index (χ1n) is 12.1. The van der Waals surface area contributed by atoms with E-state index < -0.39 is 5.97 Å². The molecule has 0 amide bonds. The number of thioether (sulfide) groups is 1. The van der Waals surface area contributed by atoms with Crippen molar-refractivity contribution in [3.63, 3.8) is 0 Å². The van der Waals surface area contributed by atoms with E-state index in [4.69, 9.17) is 4.74 Å². The molecule has 0 heterocycles. The monoisotopic (exact) mass is 482 g/mol. The maximum absolute atomic E-state index is 13.0. The van der Waals surface area contributed by atoms with E-state index in [0.717, 1.165) is 16.9 Å². The number of unbranched alkanes of at least 4 members (excludes halogenated alkanes) is 3. The molecule has 5 heteroatoms. The van der Waals surface area contributed by atoms with Gasteiger partial charge in [-0.15, -0.1) is 11.8 Å². The fourth-order valence-corrected chi connectivity index (χ4v) is 5.25. The summed E-state index contributed by atoms with van der Waals surface area (Å²) in [5.41, 5.74) is 5.06. The van der Waals surface area contributed by atoms with Crippen LogP contribution in [-0.4, -0.2) is 28.7 Å². The predicted octanol–water partition coefficient (Wildman–Crippen LogP) is 7.97. The summed E-state index contributed by atoms with van der Waals surface area (Å²) in [7, 11) is 0. The van der Waals surface area contributed by atoms with Gasteiger partial charge in [0.15, 0.2) is 5.78 Å². The SMILES string of the molecule is CCCCCCSc1c(C)cc(C(=O)C=Cc2cc(C)c(C(=O)O)c(C)c2OC(C)C)cc1C. The number of ether oxygens (including phenoxy) is 1. The molecule has 0 spiro atoms. The second-order valence-electron chi connectivity index (χ2n) is 9.13. The molecule has 184 valence electrons. The number of hydrogen-bond donors (Lipinski definition) is 1. The molecule has 0 aromatic heterocycles. The molecule has 0 unspecified atom stereocenters. The van der Waals surface area contributed by atoms with Crippen molar-refractivity contribution in [3.8, 4) is 5.75 Å². The summed E-state index contributed by atoms with van der Waals surface area (Å²) in [6.45, 7) is 13.7. The molecule has 2 rings (SSSR count). The summed E-state index contributed by atoms with van der Waals surface area (Å²) in [4.78, 5) is 26.0. The molecular weight excluding hydrogens is 444 g/mol. The van der Waals surface area contributed by atoms with Crippen LogP contribution in [-0.2, 0) is 0 Å². The van der Waals surface area contributed by atoms with Gasteiger partial charge in [0.2, 0.25) is 0 Å². The fraction of sp³-hybridized carbons (Fsp3) is 0.448. The van der Waals surface area contributed by atoms with E-state index in [-0.39, 0.29) is 17.5 Å². The minimum Gasteiger partial charge on any atom is -0.490 e. The Morgan fingerprint density at radius 1 is 1.00 bits per heavy atom. The predicted molar refractivity (Wildman–Crippen MR) is 143 cm³/mol. The highest BCUT2D eigenvalue weighted by molar-refractivity contribution is 7.99. The van der Waals surface area contributed by atoms with Gasteiger partial charge >= 0.3 is 5.97 Å². The summed E-state index contributed by atoms with van der Waals surface area (Å²) in [5.74, 6) is 0.533. The maximum Gasteiger partial charge on any atom is 0.336 e. The molecule has 1 N–H and O–H groups in total. The fourth-order valence-electron chi connectivity index (χ4n) is 4.13. The minimum absolute atomic E-state index is 0.0844. The number of hydrogen-bond acceptors (Lipinski definition) is 4. The van der Waals surface area contributed by atoms with Gasteiger partial charge in [-0.3, -0.25) is 4.79 Å². The van der Waals surface area contributed by atoms with Crippen LogP contribution in [0, 0.1) is 27.7 Å². The molecule has 0 saturated heterocycles. The number of aromatic carboxylic acids is 1. The van der Waals surface area contributed by atoms with Crippen molar-refractivity contribution >= 4 is 29.6 Å². The third-order valence-corrected chi connectivity index (χ3v) is 7.14. The number of carbonyl (C=O) groups is 2. The van der Waals surface area contributed by atoms with Crippen LogP contribution in [0.15, 0.2) is 29.2 Å². The Balaban J connectivity index is 2.29. The topological polar surface area (TPSA) is 63.6 Å². The number of ketones is 1. The lowest BCUT2D eigenvalue weighted by atomic mass is 9.96. The molecule has 0 bridgehead atoms. The Kier molecular flexibility index (Phi) is 10.4. The van der Waals surface area contributed by atoms with Crippen molar-refractivity contribution in [2.24, 2.45) is 0 Å². The van der Waals surface area contributed by atoms with Crippen molar-refractivity contribution in [2.45, 2.75) is 85.1 Å². The number of benzene rings is 2. The summed E-state index contributed by atoms with van der Waals surface area (Å²) >= 11 is 1.88. The van der Waals surface area contributed by atoms with Crippen molar-refractivity contribution in [2.75, 3.05) is 5.75 Å². The van der Waals surface area contributed by atoms with Gasteiger partial charge in [0, 0.05) is 21.6 Å². The van der Waals surface area contributed by atoms with Crippen LogP contribution in [0.1, 0.15) is 95.0 Å². The zero-order valence-corrected chi connectivity index (χ0v) is 22.4. The Labute approximate surface area is 208 Å². The molecule has 0 radical (unpaired) electrons. The number of carboxylic acid groups (broad SMARTS) is 1. The first-order chi connectivity index (χ1) is 16.1. The Morgan fingerprint density at radius 3 is 2.21 bits per heavy atom. The van der Waals surface area contributed by atoms with Crippen molar-refractivity contribution in [3.05, 3.63) is 63.2 Å². The molecule has 2 aromatic carbocycles. The molecule has 4 nitrogen and oxygen atoms in total. The average molecular weight is 483 g/mol. The normalized spacial score (nSPS) is 11.4. The van der Waals surface area contributed by atoms with Crippen LogP contribution in [0.25, 0.3) is 6.08 Å². The van der Waals surface area contributed by atoms with Gasteiger partial charge in [0.1, 0.15) is 5.75 Å². The molecule has 0 aliphatic carbocycles. The van der Waals surface area contributed by atoms with Crippen LogP contribution in [0.4, 0.5) is 0 Å². The van der Waals surface area contributed by atoms with E-state index in [2.05, 4.69) is 20.8 Å². The lowest BCUT2D eigenvalue weighted by Gasteiger charge is -2.18. The quantitative estimate of drug-likeness (QED) is 0.144. The van der Waals surface area contributed by atoms with Gasteiger partial charge in [0.25, 0.3) is 0 Å². The number of carboxylic acids is 1. The van der Waals surface area contributed by atoms with Gasteiger partial charge < -0.3 is 9.84 Å². The van der Waals surface area contributed by atoms with Crippen molar-refractivity contribution < 1.29 is 19.4 Å². The highest BCUT2D eigenvalue weighted by atomic mass is 32.2. The van der Waals surface area contributed by atoms with Gasteiger partial charge in [0.05, 0.1) is 11.7 Å². The molecule has 34 heavy (non-hydrogen) atoms. The maximum atomic E-state index is 13.0. The van der Waals surface area contributed by atoms with Gasteiger partial charge in [-0.1, -0.05) is 26.2 Å². The molecule has 0 aliphatic rings. The second-order valence-corrected chi connectivity index (χ2v) is 10.2. The third-order valence-electron chi connectivity index (χ3n) is 5.71. The first kappa shape index (κ1) is 27.7. The highest BCUT2D eigenvalue weighted by Crippen LogP contribution is 2.32. The number of carbonyl (C=O) groups excluding carboxylic acids is 1. The number of allylic oxidation sites excluding steroid dienone is 1. The van der Waals surface area contributed by atoms with Crippen LogP contribution < -0.4 is 4.74 Å². The van der Waals surface area contributed by atoms with E-state index in [1.807, 2.05) is 37.7 Å². The van der Waals surface area contributed by atoms with E-state index in [1.54, 1.807) is 32.1 Å². The zero-order chi connectivity index (χ0) is 25.4. The lowest BCUT2D eigenvalue weighted by molar-refractivity contribution is 0.0694. The summed E-state index contributed by atoms with van der Waals surface area (Å²) < 4.78 is 5.95. The Bertz CT molecular complexity index is 1040.